The molecule has 1 N–H and O–H groups in total. The van der Waals surface area contributed by atoms with Crippen LogP contribution in [0.1, 0.15) is 264 Å². The van der Waals surface area contributed by atoms with E-state index >= 15 is 0 Å². The molecule has 0 saturated carbocycles. The number of rotatable bonds is 50. The lowest BCUT2D eigenvalue weighted by Crippen LogP contribution is -2.28. The number of ether oxygens (including phenoxy) is 2. The summed E-state index contributed by atoms with van der Waals surface area (Å²) in [4.78, 5) is 24.5. The number of hydrogen-bond acceptors (Lipinski definition) is 5. The molecule has 0 fully saturated rings. The minimum absolute atomic E-state index is 0.0714. The fraction of sp³-hybridized carbons (Fsp3) is 0.733. The van der Waals surface area contributed by atoms with Gasteiger partial charge in [-0.2, -0.15) is 0 Å². The third-order valence-electron chi connectivity index (χ3n) is 12.0. The SMILES string of the molecule is CC/C=C\C/C=C\C/C=C\C/C=C\C/C=C\C/C=C\C/C=C\CCCCCCCCCC(=O)OC(CO)COC(=O)CCCCCCCCCCCCCCCCCCCCCCCC. The third-order valence-corrected chi connectivity index (χ3v) is 12.0. The zero-order chi connectivity index (χ0) is 47.0. The normalized spacial score (nSPS) is 12.8. The predicted octanol–water partition coefficient (Wildman–Crippen LogP) is 18.6. The Labute approximate surface area is 403 Å². The van der Waals surface area contributed by atoms with E-state index in [0.29, 0.717) is 12.8 Å². The zero-order valence-corrected chi connectivity index (χ0v) is 42.7. The first-order valence-electron chi connectivity index (χ1n) is 27.6. The monoisotopic (exact) mass is 905 g/mol. The Balaban J connectivity index is 3.54. The summed E-state index contributed by atoms with van der Waals surface area (Å²) in [5.41, 5.74) is 0. The fourth-order valence-corrected chi connectivity index (χ4v) is 7.83. The lowest BCUT2D eigenvalue weighted by molar-refractivity contribution is -0.161. The van der Waals surface area contributed by atoms with E-state index in [1.807, 2.05) is 0 Å². The molecular formula is C60H104O5. The van der Waals surface area contributed by atoms with Crippen molar-refractivity contribution < 1.29 is 24.2 Å². The summed E-state index contributed by atoms with van der Waals surface area (Å²) in [5, 5.41) is 9.65. The Morgan fingerprint density at radius 1 is 0.369 bits per heavy atom. The topological polar surface area (TPSA) is 72.8 Å². The van der Waals surface area contributed by atoms with Gasteiger partial charge in [-0.15, -0.1) is 0 Å². The maximum atomic E-state index is 12.3. The van der Waals surface area contributed by atoms with Crippen LogP contribution in [0.3, 0.4) is 0 Å². The van der Waals surface area contributed by atoms with E-state index in [0.717, 1.165) is 89.9 Å². The van der Waals surface area contributed by atoms with E-state index in [1.54, 1.807) is 0 Å². The zero-order valence-electron chi connectivity index (χ0n) is 42.7. The summed E-state index contributed by atoms with van der Waals surface area (Å²) >= 11 is 0. The molecule has 0 amide bonds. The van der Waals surface area contributed by atoms with Gasteiger partial charge in [-0.3, -0.25) is 9.59 Å². The summed E-state index contributed by atoms with van der Waals surface area (Å²) in [6, 6.07) is 0. The number of carbonyl (C=O) groups is 2. The molecule has 1 atom stereocenters. The highest BCUT2D eigenvalue weighted by Gasteiger charge is 2.16. The molecule has 0 radical (unpaired) electrons. The molecule has 1 unspecified atom stereocenters. The molecular weight excluding hydrogens is 801 g/mol. The first-order chi connectivity index (χ1) is 32.1. The molecule has 5 nitrogen and oxygen atoms in total. The van der Waals surface area contributed by atoms with Crippen molar-refractivity contribution in [1.29, 1.82) is 0 Å². The van der Waals surface area contributed by atoms with Gasteiger partial charge >= 0.3 is 11.9 Å². The molecule has 0 bridgehead atoms. The van der Waals surface area contributed by atoms with Crippen molar-refractivity contribution in [3.8, 4) is 0 Å². The first-order valence-corrected chi connectivity index (χ1v) is 27.6. The van der Waals surface area contributed by atoms with Gasteiger partial charge in [0, 0.05) is 12.8 Å². The highest BCUT2D eigenvalue weighted by Crippen LogP contribution is 2.16. The molecule has 0 heterocycles. The standard InChI is InChI=1S/C60H104O5/c1-3-5-7-9-11-13-15-17-19-21-23-25-27-28-29-30-31-32-33-35-37-39-41-43-45-47-49-51-53-55-60(63)65-58(56-61)57-64-59(62)54-52-50-48-46-44-42-40-38-36-34-26-24-22-20-18-16-14-12-10-8-6-4-2/h5,7,11,13,17,19,23,25,28-29,31-32,35,37,58,61H,3-4,6,8-10,12,14-16,18,20-22,24,26-27,30,33-34,36,38-57H2,1-2H3/b7-5-,13-11-,19-17-,25-23-,29-28-,32-31-,37-35-. The molecule has 0 aliphatic rings. The van der Waals surface area contributed by atoms with Gasteiger partial charge in [-0.1, -0.05) is 266 Å². The van der Waals surface area contributed by atoms with E-state index in [9.17, 15) is 14.7 Å². The molecule has 5 heteroatoms. The van der Waals surface area contributed by atoms with E-state index in [2.05, 4.69) is 98.9 Å². The highest BCUT2D eigenvalue weighted by atomic mass is 16.6. The van der Waals surface area contributed by atoms with Crippen molar-refractivity contribution in [2.45, 2.75) is 270 Å². The van der Waals surface area contributed by atoms with Crippen molar-refractivity contribution in [1.82, 2.24) is 0 Å². The van der Waals surface area contributed by atoms with Gasteiger partial charge in [-0.25, -0.2) is 0 Å². The van der Waals surface area contributed by atoms with Crippen molar-refractivity contribution in [2.75, 3.05) is 13.2 Å². The minimum atomic E-state index is -0.782. The number of esters is 2. The summed E-state index contributed by atoms with van der Waals surface area (Å²) in [7, 11) is 0. The largest absolute Gasteiger partial charge is 0.462 e. The molecule has 0 saturated heterocycles. The quantitative estimate of drug-likeness (QED) is 0.0374. The van der Waals surface area contributed by atoms with E-state index in [-0.39, 0.29) is 25.2 Å². The second kappa shape index (κ2) is 55.4. The molecule has 0 aromatic carbocycles. The summed E-state index contributed by atoms with van der Waals surface area (Å²) in [6.07, 6.45) is 76.9. The van der Waals surface area contributed by atoms with Crippen molar-refractivity contribution in [2.24, 2.45) is 0 Å². The van der Waals surface area contributed by atoms with Gasteiger partial charge < -0.3 is 14.6 Å². The van der Waals surface area contributed by atoms with Gasteiger partial charge in [0.05, 0.1) is 6.61 Å². The van der Waals surface area contributed by atoms with Crippen LogP contribution in [0.25, 0.3) is 0 Å². The highest BCUT2D eigenvalue weighted by molar-refractivity contribution is 5.70. The summed E-state index contributed by atoms with van der Waals surface area (Å²) in [6.45, 7) is 4.04. The smallest absolute Gasteiger partial charge is 0.306 e. The number of allylic oxidation sites excluding steroid dienone is 14. The summed E-state index contributed by atoms with van der Waals surface area (Å²) in [5.74, 6) is -0.597. The van der Waals surface area contributed by atoms with Crippen LogP contribution in [0.2, 0.25) is 0 Å². The number of aliphatic hydroxyl groups excluding tert-OH is 1. The second-order valence-electron chi connectivity index (χ2n) is 18.3. The van der Waals surface area contributed by atoms with E-state index < -0.39 is 6.10 Å². The molecule has 0 spiro atoms. The van der Waals surface area contributed by atoms with Crippen molar-refractivity contribution in [3.63, 3.8) is 0 Å². The minimum Gasteiger partial charge on any atom is -0.462 e. The van der Waals surface area contributed by atoms with Crippen LogP contribution >= 0.6 is 0 Å². The molecule has 0 aliphatic heterocycles. The number of unbranched alkanes of at least 4 members (excludes halogenated alkanes) is 28. The van der Waals surface area contributed by atoms with Gasteiger partial charge in [0.25, 0.3) is 0 Å². The predicted molar refractivity (Wildman–Crippen MR) is 283 cm³/mol. The molecule has 65 heavy (non-hydrogen) atoms. The molecule has 0 aromatic heterocycles. The molecule has 0 rings (SSSR count). The van der Waals surface area contributed by atoms with Crippen LogP contribution in [0.4, 0.5) is 0 Å². The van der Waals surface area contributed by atoms with E-state index in [1.165, 1.54) is 148 Å². The van der Waals surface area contributed by atoms with Gasteiger partial charge in [-0.05, 0) is 70.6 Å². The van der Waals surface area contributed by atoms with Crippen LogP contribution in [-0.4, -0.2) is 36.4 Å². The van der Waals surface area contributed by atoms with Gasteiger partial charge in [0.15, 0.2) is 6.10 Å². The average molecular weight is 905 g/mol. The number of aliphatic hydroxyl groups is 1. The van der Waals surface area contributed by atoms with Crippen LogP contribution in [0.15, 0.2) is 85.1 Å². The fourth-order valence-electron chi connectivity index (χ4n) is 7.83. The summed E-state index contributed by atoms with van der Waals surface area (Å²) < 4.78 is 10.7. The Morgan fingerprint density at radius 3 is 1.00 bits per heavy atom. The van der Waals surface area contributed by atoms with E-state index in [4.69, 9.17) is 9.47 Å². The Bertz CT molecular complexity index is 1210. The van der Waals surface area contributed by atoms with Crippen LogP contribution in [0.5, 0.6) is 0 Å². The van der Waals surface area contributed by atoms with Crippen LogP contribution < -0.4 is 0 Å². The van der Waals surface area contributed by atoms with Crippen molar-refractivity contribution in [3.05, 3.63) is 85.1 Å². The second-order valence-corrected chi connectivity index (χ2v) is 18.3. The van der Waals surface area contributed by atoms with Gasteiger partial charge in [0.2, 0.25) is 0 Å². The molecule has 0 aliphatic carbocycles. The van der Waals surface area contributed by atoms with Crippen LogP contribution in [0, 0.1) is 0 Å². The average Bonchev–Trinajstić information content (AvgIpc) is 3.31. The maximum Gasteiger partial charge on any atom is 0.306 e. The Kier molecular flexibility index (Phi) is 52.9. The maximum absolute atomic E-state index is 12.3. The van der Waals surface area contributed by atoms with Crippen LogP contribution in [-0.2, 0) is 19.1 Å². The molecule has 0 aromatic rings. The molecule has 374 valence electrons. The Morgan fingerprint density at radius 2 is 0.662 bits per heavy atom. The lowest BCUT2D eigenvalue weighted by Gasteiger charge is -2.15. The number of hydrogen-bond donors (Lipinski definition) is 1. The van der Waals surface area contributed by atoms with Crippen molar-refractivity contribution >= 4 is 11.9 Å². The third kappa shape index (κ3) is 53.6. The number of carbonyl (C=O) groups excluding carboxylic acids is 2. The van der Waals surface area contributed by atoms with Gasteiger partial charge in [0.1, 0.15) is 6.61 Å². The Hall–Kier alpha value is -2.92. The first kappa shape index (κ1) is 62.1. The lowest BCUT2D eigenvalue weighted by atomic mass is 10.0.